The van der Waals surface area contributed by atoms with Crippen molar-refractivity contribution in [3.63, 3.8) is 0 Å². The summed E-state index contributed by atoms with van der Waals surface area (Å²) >= 11 is 9.29. The van der Waals surface area contributed by atoms with Crippen LogP contribution in [-0.4, -0.2) is 10.2 Å². The van der Waals surface area contributed by atoms with Gasteiger partial charge in [-0.05, 0) is 32.4 Å². The molecule has 0 aliphatic rings. The molecule has 0 atom stereocenters. The van der Waals surface area contributed by atoms with Crippen LogP contribution in [0.1, 0.15) is 19.4 Å². The van der Waals surface area contributed by atoms with Crippen LogP contribution in [-0.2, 0) is 4.79 Å². The van der Waals surface area contributed by atoms with E-state index in [0.29, 0.717) is 10.7 Å². The molecule has 1 amide bonds. The first-order valence-electron chi connectivity index (χ1n) is 4.58. The van der Waals surface area contributed by atoms with Crippen LogP contribution in [0.5, 0.6) is 0 Å². The van der Waals surface area contributed by atoms with Gasteiger partial charge in [0.2, 0.25) is 5.91 Å². The van der Waals surface area contributed by atoms with Crippen molar-refractivity contribution in [1.82, 2.24) is 0 Å². The molecule has 1 aromatic carbocycles. The first-order chi connectivity index (χ1) is 6.82. The van der Waals surface area contributed by atoms with Gasteiger partial charge in [0.25, 0.3) is 0 Å². The number of carbonyl (C=O) groups is 1. The molecular weight excluding hydrogens is 277 g/mol. The summed E-state index contributed by atoms with van der Waals surface area (Å²) in [5.41, 5.74) is 1.63. The van der Waals surface area contributed by atoms with E-state index in [2.05, 4.69) is 21.2 Å². The molecule has 82 valence electrons. The summed E-state index contributed by atoms with van der Waals surface area (Å²) in [5.74, 6) is -0.112. The second-order valence-corrected chi connectivity index (χ2v) is 6.25. The van der Waals surface area contributed by atoms with Gasteiger partial charge in [0.1, 0.15) is 0 Å². The summed E-state index contributed by atoms with van der Waals surface area (Å²) < 4.78 is -0.599. The lowest BCUT2D eigenvalue weighted by Gasteiger charge is -2.17. The fourth-order valence-corrected chi connectivity index (χ4v) is 1.42. The van der Waals surface area contributed by atoms with Crippen molar-refractivity contribution in [1.29, 1.82) is 0 Å². The van der Waals surface area contributed by atoms with Crippen molar-refractivity contribution in [2.24, 2.45) is 0 Å². The number of para-hydroxylation sites is 1. The molecule has 1 aromatic rings. The minimum Gasteiger partial charge on any atom is -0.323 e. The van der Waals surface area contributed by atoms with Gasteiger partial charge in [-0.3, -0.25) is 4.79 Å². The van der Waals surface area contributed by atoms with Crippen molar-refractivity contribution >= 4 is 39.1 Å². The quantitative estimate of drug-likeness (QED) is 0.826. The van der Waals surface area contributed by atoms with Gasteiger partial charge in [0.05, 0.1) is 15.0 Å². The Hall–Kier alpha value is -0.540. The van der Waals surface area contributed by atoms with E-state index in [0.717, 1.165) is 5.56 Å². The molecule has 0 aliphatic heterocycles. The molecule has 0 saturated carbocycles. The Morgan fingerprint density at radius 2 is 2.07 bits per heavy atom. The fourth-order valence-electron chi connectivity index (χ4n) is 1.05. The van der Waals surface area contributed by atoms with E-state index in [1.54, 1.807) is 19.9 Å². The molecule has 15 heavy (non-hydrogen) atoms. The second-order valence-electron chi connectivity index (χ2n) is 3.86. The second kappa shape index (κ2) is 4.54. The Balaban J connectivity index is 2.95. The average molecular weight is 291 g/mol. The molecule has 0 spiro atoms. The molecule has 4 heteroatoms. The van der Waals surface area contributed by atoms with Crippen molar-refractivity contribution in [2.45, 2.75) is 25.1 Å². The van der Waals surface area contributed by atoms with Crippen LogP contribution in [0.4, 0.5) is 5.69 Å². The van der Waals surface area contributed by atoms with E-state index in [9.17, 15) is 4.79 Å². The third-order valence-electron chi connectivity index (χ3n) is 2.00. The predicted octanol–water partition coefficient (Wildman–Crippen LogP) is 3.76. The first kappa shape index (κ1) is 12.5. The van der Waals surface area contributed by atoms with Crippen molar-refractivity contribution < 1.29 is 4.79 Å². The van der Waals surface area contributed by atoms with Crippen LogP contribution >= 0.6 is 27.5 Å². The topological polar surface area (TPSA) is 29.1 Å². The molecule has 0 fully saturated rings. The summed E-state index contributed by atoms with van der Waals surface area (Å²) in [6.45, 7) is 5.48. The number of carbonyl (C=O) groups excluding carboxylic acids is 1. The van der Waals surface area contributed by atoms with Gasteiger partial charge < -0.3 is 5.32 Å². The molecule has 1 N–H and O–H groups in total. The molecule has 0 heterocycles. The molecule has 0 radical (unpaired) electrons. The number of rotatable bonds is 2. The van der Waals surface area contributed by atoms with Gasteiger partial charge in [0.15, 0.2) is 0 Å². The minimum absolute atomic E-state index is 0.112. The van der Waals surface area contributed by atoms with Crippen LogP contribution in [0, 0.1) is 6.92 Å². The number of nitrogens with one attached hydrogen (secondary N) is 1. The number of hydrogen-bond donors (Lipinski definition) is 1. The van der Waals surface area contributed by atoms with E-state index in [1.165, 1.54) is 0 Å². The third-order valence-corrected chi connectivity index (χ3v) is 2.68. The maximum absolute atomic E-state index is 11.7. The van der Waals surface area contributed by atoms with Gasteiger partial charge in [-0.1, -0.05) is 39.7 Å². The molecule has 1 rings (SSSR count). The number of amides is 1. The summed E-state index contributed by atoms with van der Waals surface area (Å²) in [6, 6.07) is 5.51. The highest BCUT2D eigenvalue weighted by atomic mass is 79.9. The number of anilines is 1. The summed E-state index contributed by atoms with van der Waals surface area (Å²) in [5, 5.41) is 3.36. The maximum atomic E-state index is 11.7. The van der Waals surface area contributed by atoms with Crippen molar-refractivity contribution in [3.8, 4) is 0 Å². The fraction of sp³-hybridized carbons (Fsp3) is 0.364. The van der Waals surface area contributed by atoms with Gasteiger partial charge in [-0.25, -0.2) is 0 Å². The monoisotopic (exact) mass is 289 g/mol. The van der Waals surface area contributed by atoms with E-state index < -0.39 is 4.32 Å². The third kappa shape index (κ3) is 3.21. The van der Waals surface area contributed by atoms with E-state index in [1.807, 2.05) is 19.1 Å². The van der Waals surface area contributed by atoms with Crippen LogP contribution in [0.3, 0.4) is 0 Å². The Morgan fingerprint density at radius 1 is 1.47 bits per heavy atom. The molecule has 0 saturated heterocycles. The molecule has 0 unspecified atom stereocenters. The molecule has 0 aromatic heterocycles. The highest BCUT2D eigenvalue weighted by Gasteiger charge is 2.24. The number of hydrogen-bond acceptors (Lipinski definition) is 1. The van der Waals surface area contributed by atoms with Gasteiger partial charge in [-0.15, -0.1) is 0 Å². The average Bonchev–Trinajstić information content (AvgIpc) is 2.09. The number of benzene rings is 1. The molecule has 0 bridgehead atoms. The minimum atomic E-state index is -0.599. The number of halogens is 2. The van der Waals surface area contributed by atoms with Gasteiger partial charge in [-0.2, -0.15) is 0 Å². The molecule has 2 nitrogen and oxygen atoms in total. The van der Waals surface area contributed by atoms with E-state index >= 15 is 0 Å². The normalized spacial score (nSPS) is 11.3. The Kier molecular flexibility index (Phi) is 3.79. The number of alkyl halides is 1. The van der Waals surface area contributed by atoms with Crippen LogP contribution < -0.4 is 5.32 Å². The van der Waals surface area contributed by atoms with Crippen LogP contribution in [0.2, 0.25) is 5.02 Å². The zero-order valence-electron chi connectivity index (χ0n) is 8.90. The highest BCUT2D eigenvalue weighted by molar-refractivity contribution is 9.10. The number of aryl methyl sites for hydroxylation is 1. The zero-order chi connectivity index (χ0) is 11.6. The standard InChI is InChI=1S/C11H13BrClNO/c1-7-5-4-6-8(13)9(7)14-10(15)11(2,3)12/h4-6H,1-3H3,(H,14,15). The van der Waals surface area contributed by atoms with E-state index in [4.69, 9.17) is 11.6 Å². The lowest BCUT2D eigenvalue weighted by molar-refractivity contribution is -0.117. The maximum Gasteiger partial charge on any atom is 0.240 e. The Morgan fingerprint density at radius 3 is 2.53 bits per heavy atom. The van der Waals surface area contributed by atoms with Crippen molar-refractivity contribution in [3.05, 3.63) is 28.8 Å². The van der Waals surface area contributed by atoms with Gasteiger partial charge in [0, 0.05) is 0 Å². The smallest absolute Gasteiger partial charge is 0.240 e. The largest absolute Gasteiger partial charge is 0.323 e. The molecular formula is C11H13BrClNO. The Labute approximate surface area is 103 Å². The van der Waals surface area contributed by atoms with Crippen LogP contribution in [0.15, 0.2) is 18.2 Å². The molecule has 0 aliphatic carbocycles. The summed E-state index contributed by atoms with van der Waals surface area (Å²) in [7, 11) is 0. The SMILES string of the molecule is Cc1cccc(Cl)c1NC(=O)C(C)(C)Br. The Bertz CT molecular complexity index is 364. The zero-order valence-corrected chi connectivity index (χ0v) is 11.2. The highest BCUT2D eigenvalue weighted by Crippen LogP contribution is 2.27. The van der Waals surface area contributed by atoms with Gasteiger partial charge >= 0.3 is 0 Å². The predicted molar refractivity (Wildman–Crippen MR) is 67.8 cm³/mol. The first-order valence-corrected chi connectivity index (χ1v) is 5.75. The lowest BCUT2D eigenvalue weighted by Crippen LogP contribution is -2.31. The van der Waals surface area contributed by atoms with E-state index in [-0.39, 0.29) is 5.91 Å². The summed E-state index contributed by atoms with van der Waals surface area (Å²) in [6.07, 6.45) is 0. The van der Waals surface area contributed by atoms with Crippen molar-refractivity contribution in [2.75, 3.05) is 5.32 Å². The lowest BCUT2D eigenvalue weighted by atomic mass is 10.1. The van der Waals surface area contributed by atoms with Crippen LogP contribution in [0.25, 0.3) is 0 Å². The summed E-state index contributed by atoms with van der Waals surface area (Å²) in [4.78, 5) is 11.7.